The summed E-state index contributed by atoms with van der Waals surface area (Å²) in [4.78, 5) is 9.10. The summed E-state index contributed by atoms with van der Waals surface area (Å²) in [6.07, 6.45) is 2.86. The molecule has 0 saturated carbocycles. The van der Waals surface area contributed by atoms with Gasteiger partial charge >= 0.3 is 0 Å². The third-order valence-electron chi connectivity index (χ3n) is 2.88. The van der Waals surface area contributed by atoms with E-state index in [9.17, 15) is 0 Å². The summed E-state index contributed by atoms with van der Waals surface area (Å²) in [6.45, 7) is 7.51. The minimum atomic E-state index is 0.237. The lowest BCUT2D eigenvalue weighted by molar-refractivity contribution is 0.0728. The maximum absolute atomic E-state index is 5.85. The quantitative estimate of drug-likeness (QED) is 0.764. The summed E-state index contributed by atoms with van der Waals surface area (Å²) < 4.78 is 7.72. The van der Waals surface area contributed by atoms with Crippen LogP contribution in [0.4, 0.5) is 0 Å². The zero-order chi connectivity index (χ0) is 13.8. The third kappa shape index (κ3) is 3.45. The average Bonchev–Trinajstić information content (AvgIpc) is 2.66. The maximum Gasteiger partial charge on any atom is 0.160 e. The Morgan fingerprint density at radius 1 is 1.42 bits per heavy atom. The molecule has 0 bridgehead atoms. The molecule has 0 N–H and O–H groups in total. The minimum Gasteiger partial charge on any atom is -0.377 e. The molecule has 0 atom stereocenters. The lowest BCUT2D eigenvalue weighted by Gasteiger charge is -2.10. The number of ether oxygens (including phenoxy) is 1. The first-order valence-electron chi connectivity index (χ1n) is 6.61. The third-order valence-corrected chi connectivity index (χ3v) is 3.07. The SMILES string of the molecule is Cc1cnc2c(c1)nc(CCCl)n2CCOC(C)C. The van der Waals surface area contributed by atoms with Crippen LogP contribution in [-0.2, 0) is 17.7 Å². The summed E-state index contributed by atoms with van der Waals surface area (Å²) in [7, 11) is 0. The lowest BCUT2D eigenvalue weighted by atomic mass is 10.3. The minimum absolute atomic E-state index is 0.237. The molecule has 104 valence electrons. The van der Waals surface area contributed by atoms with Crippen molar-refractivity contribution in [3.63, 3.8) is 0 Å². The molecular formula is C14H20ClN3O. The van der Waals surface area contributed by atoms with Crippen LogP contribution in [0.5, 0.6) is 0 Å². The Labute approximate surface area is 118 Å². The van der Waals surface area contributed by atoms with E-state index >= 15 is 0 Å². The number of fused-ring (bicyclic) bond motifs is 1. The van der Waals surface area contributed by atoms with E-state index in [2.05, 4.69) is 20.6 Å². The molecule has 0 aliphatic heterocycles. The van der Waals surface area contributed by atoms with Crippen LogP contribution in [0, 0.1) is 6.92 Å². The Morgan fingerprint density at radius 2 is 2.21 bits per heavy atom. The largest absolute Gasteiger partial charge is 0.377 e. The van der Waals surface area contributed by atoms with Gasteiger partial charge in [-0.05, 0) is 32.4 Å². The van der Waals surface area contributed by atoms with Gasteiger partial charge in [0.05, 0.1) is 12.7 Å². The second kappa shape index (κ2) is 6.35. The van der Waals surface area contributed by atoms with E-state index in [0.29, 0.717) is 12.5 Å². The highest BCUT2D eigenvalue weighted by Gasteiger charge is 2.11. The Bertz CT molecular complexity index is 551. The highest BCUT2D eigenvalue weighted by molar-refractivity contribution is 6.17. The van der Waals surface area contributed by atoms with Crippen molar-refractivity contribution in [2.75, 3.05) is 12.5 Å². The number of aromatic nitrogens is 3. The van der Waals surface area contributed by atoms with Crippen molar-refractivity contribution >= 4 is 22.8 Å². The van der Waals surface area contributed by atoms with Crippen LogP contribution in [0.3, 0.4) is 0 Å². The van der Waals surface area contributed by atoms with Crippen LogP contribution in [0.25, 0.3) is 11.2 Å². The van der Waals surface area contributed by atoms with Gasteiger partial charge in [-0.3, -0.25) is 0 Å². The fourth-order valence-electron chi connectivity index (χ4n) is 2.05. The summed E-state index contributed by atoms with van der Waals surface area (Å²) in [5.74, 6) is 1.54. The van der Waals surface area contributed by atoms with Gasteiger partial charge in [0.2, 0.25) is 0 Å². The van der Waals surface area contributed by atoms with Gasteiger partial charge in [0.25, 0.3) is 0 Å². The molecular weight excluding hydrogens is 262 g/mol. The van der Waals surface area contributed by atoms with Crippen molar-refractivity contribution in [1.82, 2.24) is 14.5 Å². The molecule has 0 saturated heterocycles. The standard InChI is InChI=1S/C14H20ClN3O/c1-10(2)19-7-6-18-13(4-5-15)17-12-8-11(3)9-16-14(12)18/h8-10H,4-7H2,1-3H3. The molecule has 5 heteroatoms. The van der Waals surface area contributed by atoms with Crippen LogP contribution in [0.1, 0.15) is 25.2 Å². The number of hydrogen-bond acceptors (Lipinski definition) is 3. The van der Waals surface area contributed by atoms with Crippen LogP contribution in [0.2, 0.25) is 0 Å². The zero-order valence-electron chi connectivity index (χ0n) is 11.7. The highest BCUT2D eigenvalue weighted by Crippen LogP contribution is 2.16. The molecule has 19 heavy (non-hydrogen) atoms. The Balaban J connectivity index is 2.29. The Hall–Kier alpha value is -1.13. The van der Waals surface area contributed by atoms with Gasteiger partial charge < -0.3 is 9.30 Å². The molecule has 0 unspecified atom stereocenters. The van der Waals surface area contributed by atoms with Crippen molar-refractivity contribution in [1.29, 1.82) is 0 Å². The van der Waals surface area contributed by atoms with E-state index in [0.717, 1.165) is 35.5 Å². The van der Waals surface area contributed by atoms with E-state index < -0.39 is 0 Å². The topological polar surface area (TPSA) is 39.9 Å². The summed E-state index contributed by atoms with van der Waals surface area (Å²) in [5.41, 5.74) is 2.97. The summed E-state index contributed by atoms with van der Waals surface area (Å²) in [5, 5.41) is 0. The maximum atomic E-state index is 5.85. The normalized spacial score (nSPS) is 11.6. The molecule has 2 aromatic rings. The van der Waals surface area contributed by atoms with Crippen LogP contribution in [0.15, 0.2) is 12.3 Å². The lowest BCUT2D eigenvalue weighted by Crippen LogP contribution is -2.13. The number of nitrogens with zero attached hydrogens (tertiary/aromatic N) is 3. The number of imidazole rings is 1. The molecule has 0 spiro atoms. The van der Waals surface area contributed by atoms with Gasteiger partial charge in [-0.25, -0.2) is 9.97 Å². The van der Waals surface area contributed by atoms with Crippen molar-refractivity contribution in [3.05, 3.63) is 23.7 Å². The van der Waals surface area contributed by atoms with Gasteiger partial charge in [-0.1, -0.05) is 0 Å². The predicted molar refractivity (Wildman–Crippen MR) is 77.8 cm³/mol. The Kier molecular flexibility index (Phi) is 4.77. The smallest absolute Gasteiger partial charge is 0.160 e. The number of halogens is 1. The highest BCUT2D eigenvalue weighted by atomic mass is 35.5. The Morgan fingerprint density at radius 3 is 2.89 bits per heavy atom. The van der Waals surface area contributed by atoms with E-state index in [-0.39, 0.29) is 6.10 Å². The monoisotopic (exact) mass is 281 g/mol. The van der Waals surface area contributed by atoms with Gasteiger partial charge in [0, 0.05) is 25.0 Å². The summed E-state index contributed by atoms with van der Waals surface area (Å²) >= 11 is 5.85. The van der Waals surface area contributed by atoms with E-state index in [4.69, 9.17) is 16.3 Å². The molecule has 0 aromatic carbocycles. The van der Waals surface area contributed by atoms with E-state index in [1.807, 2.05) is 27.0 Å². The molecule has 0 amide bonds. The molecule has 0 aliphatic carbocycles. The molecule has 2 rings (SSSR count). The first kappa shape index (κ1) is 14.3. The van der Waals surface area contributed by atoms with Crippen LogP contribution in [-0.4, -0.2) is 33.1 Å². The number of rotatable bonds is 6. The molecule has 4 nitrogen and oxygen atoms in total. The average molecular weight is 282 g/mol. The van der Waals surface area contributed by atoms with Gasteiger partial charge in [-0.15, -0.1) is 11.6 Å². The number of alkyl halides is 1. The van der Waals surface area contributed by atoms with Gasteiger partial charge in [-0.2, -0.15) is 0 Å². The molecule has 0 aliphatic rings. The molecule has 2 heterocycles. The second-order valence-electron chi connectivity index (χ2n) is 4.89. The fraction of sp³-hybridized carbons (Fsp3) is 0.571. The van der Waals surface area contributed by atoms with Gasteiger partial charge in [0.15, 0.2) is 5.65 Å². The summed E-state index contributed by atoms with van der Waals surface area (Å²) in [6, 6.07) is 2.06. The first-order valence-corrected chi connectivity index (χ1v) is 7.14. The zero-order valence-corrected chi connectivity index (χ0v) is 12.4. The van der Waals surface area contributed by atoms with Crippen LogP contribution < -0.4 is 0 Å². The fourth-order valence-corrected chi connectivity index (χ4v) is 2.22. The van der Waals surface area contributed by atoms with Crippen LogP contribution >= 0.6 is 11.6 Å². The number of aryl methyl sites for hydroxylation is 2. The van der Waals surface area contributed by atoms with Crippen molar-refractivity contribution in [2.24, 2.45) is 0 Å². The number of hydrogen-bond donors (Lipinski definition) is 0. The van der Waals surface area contributed by atoms with Gasteiger partial charge in [0.1, 0.15) is 11.3 Å². The van der Waals surface area contributed by atoms with E-state index in [1.165, 1.54) is 0 Å². The molecule has 0 fully saturated rings. The van der Waals surface area contributed by atoms with Crippen molar-refractivity contribution < 1.29 is 4.74 Å². The first-order chi connectivity index (χ1) is 9.11. The predicted octanol–water partition coefficient (Wildman–Crippen LogP) is 2.95. The molecule has 2 aromatic heterocycles. The second-order valence-corrected chi connectivity index (χ2v) is 5.27. The molecule has 0 radical (unpaired) electrons. The van der Waals surface area contributed by atoms with Crippen molar-refractivity contribution in [3.8, 4) is 0 Å². The number of pyridine rings is 1. The van der Waals surface area contributed by atoms with E-state index in [1.54, 1.807) is 0 Å². The van der Waals surface area contributed by atoms with Crippen molar-refractivity contribution in [2.45, 2.75) is 39.8 Å².